The Kier molecular flexibility index (Phi) is 8.11. The molecule has 0 spiro atoms. The first-order chi connectivity index (χ1) is 16.7. The Morgan fingerprint density at radius 2 is 1.71 bits per heavy atom. The van der Waals surface area contributed by atoms with E-state index in [9.17, 15) is 4.79 Å². The molecule has 7 nitrogen and oxygen atoms in total. The van der Waals surface area contributed by atoms with Crippen molar-refractivity contribution in [3.05, 3.63) is 84.4 Å². The minimum absolute atomic E-state index is 0.0761. The lowest BCUT2D eigenvalue weighted by Gasteiger charge is -2.11. The van der Waals surface area contributed by atoms with Gasteiger partial charge in [0.05, 0.1) is 24.8 Å². The zero-order chi connectivity index (χ0) is 23.6. The van der Waals surface area contributed by atoms with Crippen molar-refractivity contribution in [3.63, 3.8) is 0 Å². The molecule has 0 aliphatic rings. The van der Waals surface area contributed by atoms with Crippen LogP contribution in [0.15, 0.2) is 73.1 Å². The lowest BCUT2D eigenvalue weighted by molar-refractivity contribution is 0.0953. The highest BCUT2D eigenvalue weighted by atomic mass is 16.5. The van der Waals surface area contributed by atoms with Crippen LogP contribution in [0.1, 0.15) is 35.4 Å². The first kappa shape index (κ1) is 23.3. The fourth-order valence-electron chi connectivity index (χ4n) is 3.85. The molecule has 34 heavy (non-hydrogen) atoms. The number of nitrogens with one attached hydrogen (secondary N) is 1. The lowest BCUT2D eigenvalue weighted by Crippen LogP contribution is -2.25. The van der Waals surface area contributed by atoms with Crippen molar-refractivity contribution in [1.29, 1.82) is 0 Å². The van der Waals surface area contributed by atoms with Crippen molar-refractivity contribution in [3.8, 4) is 11.5 Å². The van der Waals surface area contributed by atoms with Crippen molar-refractivity contribution in [1.82, 2.24) is 19.9 Å². The molecule has 2 aromatic carbocycles. The molecule has 0 saturated heterocycles. The summed E-state index contributed by atoms with van der Waals surface area (Å²) < 4.78 is 13.3. The van der Waals surface area contributed by atoms with E-state index in [-0.39, 0.29) is 5.91 Å². The molecule has 0 saturated carbocycles. The number of pyridine rings is 1. The van der Waals surface area contributed by atoms with Crippen LogP contribution >= 0.6 is 0 Å². The van der Waals surface area contributed by atoms with Crippen molar-refractivity contribution in [2.24, 2.45) is 0 Å². The average Bonchev–Trinajstić information content (AvgIpc) is 3.24. The van der Waals surface area contributed by atoms with Gasteiger partial charge < -0.3 is 19.4 Å². The quantitative estimate of drug-likeness (QED) is 0.312. The number of amides is 1. The Balaban J connectivity index is 1.27. The predicted octanol–water partition coefficient (Wildman–Crippen LogP) is 4.66. The van der Waals surface area contributed by atoms with Gasteiger partial charge in [0, 0.05) is 37.5 Å². The highest BCUT2D eigenvalue weighted by Gasteiger charge is 2.11. The second-order valence-electron chi connectivity index (χ2n) is 7.99. The molecule has 0 unspecified atom stereocenters. The predicted molar refractivity (Wildman–Crippen MR) is 132 cm³/mol. The zero-order valence-corrected chi connectivity index (χ0v) is 19.4. The summed E-state index contributed by atoms with van der Waals surface area (Å²) in [7, 11) is 1.66. The molecule has 0 aliphatic carbocycles. The summed E-state index contributed by atoms with van der Waals surface area (Å²) in [5.41, 5.74) is 2.78. The molecule has 4 rings (SSSR count). The number of benzene rings is 2. The second kappa shape index (κ2) is 11.8. The number of carbonyl (C=O) groups excluding carboxylic acids is 1. The third-order valence-corrected chi connectivity index (χ3v) is 5.64. The SMILES string of the molecule is COc1ccc(OCCCCn2c(CCCNC(=O)c3ccncc3)nc3ccccc32)cc1. The summed E-state index contributed by atoms with van der Waals surface area (Å²) in [6, 6.07) is 19.3. The molecule has 0 radical (unpaired) electrons. The molecular formula is C27H30N4O3. The largest absolute Gasteiger partial charge is 0.497 e. The number of methoxy groups -OCH3 is 1. The molecule has 2 aromatic heterocycles. The summed E-state index contributed by atoms with van der Waals surface area (Å²) in [6.07, 6.45) is 6.80. The lowest BCUT2D eigenvalue weighted by atomic mass is 10.2. The summed E-state index contributed by atoms with van der Waals surface area (Å²) in [6.45, 7) is 2.14. The van der Waals surface area contributed by atoms with Crippen LogP contribution in [-0.4, -0.2) is 40.7 Å². The Morgan fingerprint density at radius 1 is 0.941 bits per heavy atom. The summed E-state index contributed by atoms with van der Waals surface area (Å²) in [5, 5.41) is 2.98. The third-order valence-electron chi connectivity index (χ3n) is 5.64. The average molecular weight is 459 g/mol. The van der Waals surface area contributed by atoms with Gasteiger partial charge in [-0.25, -0.2) is 4.98 Å². The highest BCUT2D eigenvalue weighted by molar-refractivity contribution is 5.93. The van der Waals surface area contributed by atoms with Gasteiger partial charge in [0.2, 0.25) is 0 Å². The van der Waals surface area contributed by atoms with E-state index in [2.05, 4.69) is 20.9 Å². The number of hydrogen-bond acceptors (Lipinski definition) is 5. The van der Waals surface area contributed by atoms with E-state index < -0.39 is 0 Å². The van der Waals surface area contributed by atoms with Gasteiger partial charge in [-0.2, -0.15) is 0 Å². The van der Waals surface area contributed by atoms with Crippen molar-refractivity contribution in [2.75, 3.05) is 20.3 Å². The fraction of sp³-hybridized carbons (Fsp3) is 0.296. The maximum absolute atomic E-state index is 12.2. The summed E-state index contributed by atoms with van der Waals surface area (Å²) in [4.78, 5) is 21.0. The molecule has 0 aliphatic heterocycles. The number of unbranched alkanes of at least 4 members (excludes halogenated alkanes) is 1. The number of imidazole rings is 1. The molecule has 0 fully saturated rings. The van der Waals surface area contributed by atoms with Crippen LogP contribution in [0.2, 0.25) is 0 Å². The summed E-state index contributed by atoms with van der Waals surface area (Å²) >= 11 is 0. The van der Waals surface area contributed by atoms with Crippen molar-refractivity contribution in [2.45, 2.75) is 32.2 Å². The minimum atomic E-state index is -0.0761. The minimum Gasteiger partial charge on any atom is -0.497 e. The van der Waals surface area contributed by atoms with Gasteiger partial charge in [0.1, 0.15) is 17.3 Å². The fourth-order valence-corrected chi connectivity index (χ4v) is 3.85. The number of rotatable bonds is 12. The van der Waals surface area contributed by atoms with E-state index in [1.165, 1.54) is 0 Å². The number of aromatic nitrogens is 3. The molecule has 0 bridgehead atoms. The Morgan fingerprint density at radius 3 is 2.50 bits per heavy atom. The van der Waals surface area contributed by atoms with Gasteiger partial charge in [0.25, 0.3) is 5.91 Å². The smallest absolute Gasteiger partial charge is 0.251 e. The molecular weight excluding hydrogens is 428 g/mol. The number of nitrogens with zero attached hydrogens (tertiary/aromatic N) is 3. The maximum Gasteiger partial charge on any atom is 0.251 e. The Labute approximate surface area is 199 Å². The van der Waals surface area contributed by atoms with E-state index in [0.717, 1.165) is 60.6 Å². The molecule has 176 valence electrons. The van der Waals surface area contributed by atoms with E-state index in [0.29, 0.717) is 18.7 Å². The number of para-hydroxylation sites is 2. The molecule has 1 amide bonds. The van der Waals surface area contributed by atoms with Crippen LogP contribution in [0.25, 0.3) is 11.0 Å². The van der Waals surface area contributed by atoms with Crippen LogP contribution in [0.3, 0.4) is 0 Å². The summed E-state index contributed by atoms with van der Waals surface area (Å²) in [5.74, 6) is 2.65. The number of carbonyl (C=O) groups is 1. The number of aryl methyl sites for hydroxylation is 2. The first-order valence-electron chi connectivity index (χ1n) is 11.6. The Bertz CT molecular complexity index is 1190. The van der Waals surface area contributed by atoms with E-state index in [1.54, 1.807) is 31.6 Å². The van der Waals surface area contributed by atoms with Crippen molar-refractivity contribution < 1.29 is 14.3 Å². The second-order valence-corrected chi connectivity index (χ2v) is 7.99. The molecule has 1 N–H and O–H groups in total. The highest BCUT2D eigenvalue weighted by Crippen LogP contribution is 2.19. The monoisotopic (exact) mass is 458 g/mol. The third kappa shape index (κ3) is 6.13. The van der Waals surface area contributed by atoms with Crippen LogP contribution in [0, 0.1) is 0 Å². The van der Waals surface area contributed by atoms with Gasteiger partial charge >= 0.3 is 0 Å². The normalized spacial score (nSPS) is 10.9. The molecule has 7 heteroatoms. The van der Waals surface area contributed by atoms with E-state index in [1.807, 2.05) is 42.5 Å². The number of ether oxygens (including phenoxy) is 2. The zero-order valence-electron chi connectivity index (χ0n) is 19.4. The first-order valence-corrected chi connectivity index (χ1v) is 11.6. The van der Waals surface area contributed by atoms with E-state index in [4.69, 9.17) is 14.5 Å². The van der Waals surface area contributed by atoms with Gasteiger partial charge in [-0.1, -0.05) is 12.1 Å². The molecule has 4 aromatic rings. The van der Waals surface area contributed by atoms with Crippen LogP contribution in [0.4, 0.5) is 0 Å². The maximum atomic E-state index is 12.2. The topological polar surface area (TPSA) is 78.3 Å². The van der Waals surface area contributed by atoms with Crippen LogP contribution in [0.5, 0.6) is 11.5 Å². The van der Waals surface area contributed by atoms with Gasteiger partial charge in [0.15, 0.2) is 0 Å². The number of fused-ring (bicyclic) bond motifs is 1. The van der Waals surface area contributed by atoms with Gasteiger partial charge in [-0.15, -0.1) is 0 Å². The van der Waals surface area contributed by atoms with Gasteiger partial charge in [-0.3, -0.25) is 9.78 Å². The molecule has 2 heterocycles. The standard InChI is InChI=1S/C27H30N4O3/c1-33-22-10-12-23(13-11-22)34-20-5-4-19-31-25-8-3-2-7-24(25)30-26(31)9-6-16-29-27(32)21-14-17-28-18-15-21/h2-3,7-8,10-15,17-18H,4-6,9,16,19-20H2,1H3,(H,29,32). The van der Waals surface area contributed by atoms with Crippen molar-refractivity contribution >= 4 is 16.9 Å². The van der Waals surface area contributed by atoms with E-state index >= 15 is 0 Å². The Hall–Kier alpha value is -3.87. The number of hydrogen-bond donors (Lipinski definition) is 1. The van der Waals surface area contributed by atoms with Crippen LogP contribution < -0.4 is 14.8 Å². The molecule has 0 atom stereocenters. The van der Waals surface area contributed by atoms with Crippen LogP contribution in [-0.2, 0) is 13.0 Å². The van der Waals surface area contributed by atoms with Gasteiger partial charge in [-0.05, 0) is 67.8 Å².